The van der Waals surface area contributed by atoms with Gasteiger partial charge in [0.1, 0.15) is 17.9 Å². The van der Waals surface area contributed by atoms with Gasteiger partial charge in [-0.1, -0.05) is 30.9 Å². The van der Waals surface area contributed by atoms with Gasteiger partial charge in [0.25, 0.3) is 5.91 Å². The minimum atomic E-state index is -0.580. The molecule has 160 valence electrons. The molecule has 0 radical (unpaired) electrons. The second-order valence-electron chi connectivity index (χ2n) is 7.78. The van der Waals surface area contributed by atoms with Crippen LogP contribution in [0.3, 0.4) is 0 Å². The largest absolute Gasteiger partial charge is 0.490 e. The molecule has 1 aromatic heterocycles. The summed E-state index contributed by atoms with van der Waals surface area (Å²) < 4.78 is 11.6. The molecule has 2 aromatic carbocycles. The SMILES string of the molecule is C=CCOc1ccc(C2c3c(oc4c(C)cc(C)cc4c3=O)C(=O)N2CCCO)cc1. The van der Waals surface area contributed by atoms with Crippen molar-refractivity contribution < 1.29 is 19.1 Å². The molecular weight excluding hydrogens is 394 g/mol. The molecule has 0 spiro atoms. The molecule has 1 unspecified atom stereocenters. The average Bonchev–Trinajstić information content (AvgIpc) is 3.04. The van der Waals surface area contributed by atoms with Crippen molar-refractivity contribution in [2.75, 3.05) is 19.8 Å². The Bertz CT molecular complexity index is 1210. The molecule has 2 heterocycles. The molecule has 31 heavy (non-hydrogen) atoms. The van der Waals surface area contributed by atoms with Gasteiger partial charge >= 0.3 is 0 Å². The molecule has 3 aromatic rings. The van der Waals surface area contributed by atoms with Crippen LogP contribution in [0.5, 0.6) is 5.75 Å². The van der Waals surface area contributed by atoms with Gasteiger partial charge in [-0.25, -0.2) is 0 Å². The van der Waals surface area contributed by atoms with Crippen LogP contribution in [-0.4, -0.2) is 35.7 Å². The van der Waals surface area contributed by atoms with Gasteiger partial charge in [-0.05, 0) is 55.2 Å². The lowest BCUT2D eigenvalue weighted by atomic mass is 9.97. The van der Waals surface area contributed by atoms with Crippen LogP contribution < -0.4 is 10.2 Å². The fourth-order valence-corrected chi connectivity index (χ4v) is 4.19. The predicted molar refractivity (Wildman–Crippen MR) is 119 cm³/mol. The van der Waals surface area contributed by atoms with Gasteiger partial charge in [-0.3, -0.25) is 9.59 Å². The number of fused-ring (bicyclic) bond motifs is 2. The minimum Gasteiger partial charge on any atom is -0.490 e. The standard InChI is InChI=1S/C25H25NO5/c1-4-12-30-18-8-6-17(7-9-18)21-20-22(28)19-14-15(2)13-16(3)23(19)31-24(20)25(29)26(21)10-5-11-27/h4,6-9,13-14,21,27H,1,5,10-12H2,2-3H3. The lowest BCUT2D eigenvalue weighted by Crippen LogP contribution is -2.31. The third-order valence-corrected chi connectivity index (χ3v) is 5.52. The maximum atomic E-state index is 13.6. The van der Waals surface area contributed by atoms with E-state index >= 15 is 0 Å². The van der Waals surface area contributed by atoms with Crippen molar-refractivity contribution in [3.8, 4) is 5.75 Å². The summed E-state index contributed by atoms with van der Waals surface area (Å²) in [6.45, 7) is 8.09. The highest BCUT2D eigenvalue weighted by molar-refractivity contribution is 5.99. The minimum absolute atomic E-state index is 0.0527. The molecule has 0 aliphatic carbocycles. The monoisotopic (exact) mass is 419 g/mol. The van der Waals surface area contributed by atoms with Crippen molar-refractivity contribution in [2.24, 2.45) is 0 Å². The molecule has 1 amide bonds. The lowest BCUT2D eigenvalue weighted by Gasteiger charge is -2.25. The number of benzene rings is 2. The average molecular weight is 419 g/mol. The normalized spacial score (nSPS) is 15.4. The fraction of sp³-hybridized carbons (Fsp3) is 0.280. The quantitative estimate of drug-likeness (QED) is 0.588. The summed E-state index contributed by atoms with van der Waals surface area (Å²) in [5, 5.41) is 9.81. The first kappa shape index (κ1) is 20.9. The molecule has 6 nitrogen and oxygen atoms in total. The maximum Gasteiger partial charge on any atom is 0.290 e. The van der Waals surface area contributed by atoms with Gasteiger partial charge in [0.05, 0.1) is 17.0 Å². The van der Waals surface area contributed by atoms with Crippen LogP contribution in [0.2, 0.25) is 0 Å². The number of aliphatic hydroxyl groups excluding tert-OH is 1. The zero-order valence-electron chi connectivity index (χ0n) is 17.7. The summed E-state index contributed by atoms with van der Waals surface area (Å²) in [5.74, 6) is 0.422. The number of carbonyl (C=O) groups is 1. The summed E-state index contributed by atoms with van der Waals surface area (Å²) in [4.78, 5) is 28.4. The maximum absolute atomic E-state index is 13.6. The van der Waals surface area contributed by atoms with Crippen LogP contribution in [0.1, 0.15) is 45.3 Å². The van der Waals surface area contributed by atoms with E-state index in [4.69, 9.17) is 9.15 Å². The van der Waals surface area contributed by atoms with Gasteiger partial charge in [0.15, 0.2) is 5.43 Å². The zero-order valence-corrected chi connectivity index (χ0v) is 17.7. The number of amides is 1. The second kappa shape index (κ2) is 8.40. The van der Waals surface area contributed by atoms with E-state index in [1.165, 1.54) is 0 Å². The lowest BCUT2D eigenvalue weighted by molar-refractivity contribution is 0.0716. The number of nitrogens with zero attached hydrogens (tertiary/aromatic N) is 1. The first-order valence-corrected chi connectivity index (χ1v) is 10.3. The Kier molecular flexibility index (Phi) is 5.65. The van der Waals surface area contributed by atoms with Crippen molar-refractivity contribution in [1.82, 2.24) is 4.90 Å². The molecule has 1 aliphatic heterocycles. The molecule has 1 N–H and O–H groups in total. The van der Waals surface area contributed by atoms with E-state index in [0.29, 0.717) is 41.9 Å². The van der Waals surface area contributed by atoms with Crippen molar-refractivity contribution in [2.45, 2.75) is 26.3 Å². The Labute approximate surface area is 180 Å². The summed E-state index contributed by atoms with van der Waals surface area (Å²) in [6.07, 6.45) is 2.07. The van der Waals surface area contributed by atoms with E-state index in [9.17, 15) is 14.7 Å². The molecule has 0 fully saturated rings. The van der Waals surface area contributed by atoms with Gasteiger partial charge in [-0.2, -0.15) is 0 Å². The number of ether oxygens (including phenoxy) is 1. The topological polar surface area (TPSA) is 80.0 Å². The Morgan fingerprint density at radius 2 is 1.94 bits per heavy atom. The number of hydrogen-bond acceptors (Lipinski definition) is 5. The summed E-state index contributed by atoms with van der Waals surface area (Å²) in [6, 6.07) is 10.5. The Morgan fingerprint density at radius 1 is 1.19 bits per heavy atom. The van der Waals surface area contributed by atoms with E-state index in [1.54, 1.807) is 17.0 Å². The third-order valence-electron chi connectivity index (χ3n) is 5.52. The van der Waals surface area contributed by atoms with Gasteiger partial charge in [-0.15, -0.1) is 0 Å². The smallest absolute Gasteiger partial charge is 0.290 e. The van der Waals surface area contributed by atoms with Gasteiger partial charge in [0.2, 0.25) is 5.76 Å². The summed E-state index contributed by atoms with van der Waals surface area (Å²) in [7, 11) is 0. The number of aliphatic hydroxyl groups is 1. The highest BCUT2D eigenvalue weighted by atomic mass is 16.5. The molecule has 0 saturated heterocycles. The molecule has 1 atom stereocenters. The van der Waals surface area contributed by atoms with Crippen LogP contribution in [0, 0.1) is 13.8 Å². The van der Waals surface area contributed by atoms with Crippen LogP contribution >= 0.6 is 0 Å². The number of carbonyl (C=O) groups excluding carboxylic acids is 1. The van der Waals surface area contributed by atoms with Crippen LogP contribution in [0.25, 0.3) is 11.0 Å². The van der Waals surface area contributed by atoms with Crippen LogP contribution in [0.4, 0.5) is 0 Å². The Morgan fingerprint density at radius 3 is 2.61 bits per heavy atom. The molecule has 0 bridgehead atoms. The van der Waals surface area contributed by atoms with Crippen molar-refractivity contribution in [1.29, 1.82) is 0 Å². The van der Waals surface area contributed by atoms with Crippen LogP contribution in [-0.2, 0) is 0 Å². The van der Waals surface area contributed by atoms with Crippen molar-refractivity contribution >= 4 is 16.9 Å². The van der Waals surface area contributed by atoms with Crippen LogP contribution in [0.15, 0.2) is 58.3 Å². The molecule has 1 aliphatic rings. The number of aryl methyl sites for hydroxylation is 2. The third kappa shape index (κ3) is 3.64. The second-order valence-corrected chi connectivity index (χ2v) is 7.78. The highest BCUT2D eigenvalue weighted by Gasteiger charge is 2.42. The van der Waals surface area contributed by atoms with Gasteiger partial charge in [0, 0.05) is 13.2 Å². The van der Waals surface area contributed by atoms with Crippen molar-refractivity contribution in [3.63, 3.8) is 0 Å². The van der Waals surface area contributed by atoms with E-state index < -0.39 is 6.04 Å². The molecule has 6 heteroatoms. The Hall–Kier alpha value is -3.38. The summed E-state index contributed by atoms with van der Waals surface area (Å²) >= 11 is 0. The molecule has 4 rings (SSSR count). The first-order chi connectivity index (χ1) is 15.0. The zero-order chi connectivity index (χ0) is 22.1. The van der Waals surface area contributed by atoms with E-state index in [2.05, 4.69) is 6.58 Å². The van der Waals surface area contributed by atoms with E-state index in [1.807, 2.05) is 44.2 Å². The van der Waals surface area contributed by atoms with E-state index in [-0.39, 0.29) is 23.7 Å². The number of hydrogen-bond donors (Lipinski definition) is 1. The fourth-order valence-electron chi connectivity index (χ4n) is 4.19. The predicted octanol–water partition coefficient (Wildman–Crippen LogP) is 3.90. The first-order valence-electron chi connectivity index (χ1n) is 10.3. The Balaban J connectivity index is 1.89. The molecule has 0 saturated carbocycles. The van der Waals surface area contributed by atoms with Crippen molar-refractivity contribution in [3.05, 3.63) is 87.3 Å². The molecular formula is C25H25NO5. The van der Waals surface area contributed by atoms with Gasteiger partial charge < -0.3 is 19.2 Å². The van der Waals surface area contributed by atoms with E-state index in [0.717, 1.165) is 16.7 Å². The highest BCUT2D eigenvalue weighted by Crippen LogP contribution is 2.39. The number of rotatable bonds is 7. The summed E-state index contributed by atoms with van der Waals surface area (Å²) in [5.41, 5.74) is 3.15.